The highest BCUT2D eigenvalue weighted by Crippen LogP contribution is 2.24. The summed E-state index contributed by atoms with van der Waals surface area (Å²) in [7, 11) is 0. The van der Waals surface area contributed by atoms with E-state index < -0.39 is 53.4 Å². The van der Waals surface area contributed by atoms with Gasteiger partial charge in [0.25, 0.3) is 5.91 Å². The summed E-state index contributed by atoms with van der Waals surface area (Å²) >= 11 is 0. The molecule has 2 atom stereocenters. The van der Waals surface area contributed by atoms with Gasteiger partial charge in [-0.2, -0.15) is 0 Å². The molecule has 1 aliphatic heterocycles. The zero-order chi connectivity index (χ0) is 26.6. The van der Waals surface area contributed by atoms with Gasteiger partial charge < -0.3 is 14.2 Å². The monoisotopic (exact) mass is 491 g/mol. The second kappa shape index (κ2) is 11.0. The van der Waals surface area contributed by atoms with Crippen LogP contribution in [0.15, 0.2) is 30.3 Å². The molecule has 4 amide bonds. The van der Waals surface area contributed by atoms with E-state index in [0.717, 1.165) is 15.5 Å². The van der Waals surface area contributed by atoms with Crippen molar-refractivity contribution in [3.05, 3.63) is 35.9 Å². The number of rotatable bonds is 5. The predicted octanol–water partition coefficient (Wildman–Crippen LogP) is 4.28. The fraction of sp³-hybridized carbons (Fsp3) is 0.600. The summed E-state index contributed by atoms with van der Waals surface area (Å²) in [5.74, 6) is -1.19. The van der Waals surface area contributed by atoms with E-state index in [9.17, 15) is 19.2 Å². The van der Waals surface area contributed by atoms with Crippen LogP contribution < -0.4 is 5.43 Å². The molecule has 1 heterocycles. The SMILES string of the molecule is CC(C)[C@H](C(=O)N1C(=O)OC[C@@H]1Cc1ccccc1)N(NC(=O)OC(C)(C)C)C(=O)OC(C)(C)C. The highest BCUT2D eigenvalue weighted by Gasteiger charge is 2.46. The van der Waals surface area contributed by atoms with Gasteiger partial charge in [0, 0.05) is 0 Å². The van der Waals surface area contributed by atoms with Gasteiger partial charge in [-0.25, -0.2) is 29.7 Å². The molecule has 194 valence electrons. The normalized spacial score (nSPS) is 17.0. The minimum atomic E-state index is -1.26. The van der Waals surface area contributed by atoms with Gasteiger partial charge in [-0.1, -0.05) is 44.2 Å². The molecule has 1 aromatic rings. The summed E-state index contributed by atoms with van der Waals surface area (Å²) in [6.07, 6.45) is -2.31. The van der Waals surface area contributed by atoms with Crippen LogP contribution >= 0.6 is 0 Å². The van der Waals surface area contributed by atoms with E-state index in [1.54, 1.807) is 55.4 Å². The van der Waals surface area contributed by atoms with Crippen molar-refractivity contribution >= 4 is 24.2 Å². The largest absolute Gasteiger partial charge is 0.447 e. The lowest BCUT2D eigenvalue weighted by Crippen LogP contribution is -2.62. The van der Waals surface area contributed by atoms with E-state index in [-0.39, 0.29) is 6.61 Å². The van der Waals surface area contributed by atoms with Crippen molar-refractivity contribution in [2.24, 2.45) is 5.92 Å². The van der Waals surface area contributed by atoms with Crippen molar-refractivity contribution in [3.8, 4) is 0 Å². The van der Waals surface area contributed by atoms with E-state index in [4.69, 9.17) is 14.2 Å². The number of hydrazine groups is 1. The van der Waals surface area contributed by atoms with Crippen molar-refractivity contribution in [1.29, 1.82) is 0 Å². The quantitative estimate of drug-likeness (QED) is 0.483. The number of hydrogen-bond donors (Lipinski definition) is 1. The van der Waals surface area contributed by atoms with Crippen molar-refractivity contribution in [3.63, 3.8) is 0 Å². The summed E-state index contributed by atoms with van der Waals surface area (Å²) in [6, 6.07) is 7.56. The van der Waals surface area contributed by atoms with Gasteiger partial charge in [-0.15, -0.1) is 0 Å². The second-order valence-electron chi connectivity index (χ2n) is 10.8. The fourth-order valence-electron chi connectivity index (χ4n) is 3.54. The zero-order valence-electron chi connectivity index (χ0n) is 21.8. The molecular weight excluding hydrogens is 454 g/mol. The van der Waals surface area contributed by atoms with Gasteiger partial charge in [-0.05, 0) is 59.4 Å². The molecule has 0 saturated carbocycles. The Morgan fingerprint density at radius 3 is 2.14 bits per heavy atom. The lowest BCUT2D eigenvalue weighted by Gasteiger charge is -2.36. The van der Waals surface area contributed by atoms with E-state index in [0.29, 0.717) is 6.42 Å². The van der Waals surface area contributed by atoms with Gasteiger partial charge in [0.05, 0.1) is 6.04 Å². The first-order valence-electron chi connectivity index (χ1n) is 11.6. The predicted molar refractivity (Wildman–Crippen MR) is 128 cm³/mol. The van der Waals surface area contributed by atoms with Crippen molar-refractivity contribution < 1.29 is 33.4 Å². The molecule has 10 heteroatoms. The lowest BCUT2D eigenvalue weighted by atomic mass is 10.00. The molecule has 2 rings (SSSR count). The Bertz CT molecular complexity index is 919. The smallest absolute Gasteiger partial charge is 0.430 e. The highest BCUT2D eigenvalue weighted by atomic mass is 16.6. The molecule has 0 radical (unpaired) electrons. The first-order valence-corrected chi connectivity index (χ1v) is 11.6. The number of imide groups is 1. The molecule has 1 fully saturated rings. The molecule has 10 nitrogen and oxygen atoms in total. The lowest BCUT2D eigenvalue weighted by molar-refractivity contribution is -0.137. The van der Waals surface area contributed by atoms with E-state index in [2.05, 4.69) is 5.43 Å². The van der Waals surface area contributed by atoms with Gasteiger partial charge in [0.15, 0.2) is 0 Å². The topological polar surface area (TPSA) is 114 Å². The molecule has 0 aromatic heterocycles. The number of hydrogen-bond acceptors (Lipinski definition) is 7. The third-order valence-corrected chi connectivity index (χ3v) is 4.88. The molecule has 1 N–H and O–H groups in total. The molecule has 0 bridgehead atoms. The summed E-state index contributed by atoms with van der Waals surface area (Å²) in [5.41, 5.74) is 1.53. The van der Waals surface area contributed by atoms with E-state index in [1.807, 2.05) is 30.3 Å². The maximum Gasteiger partial charge on any atom is 0.430 e. The van der Waals surface area contributed by atoms with Crippen LogP contribution in [0.2, 0.25) is 0 Å². The first-order chi connectivity index (χ1) is 16.1. The molecular formula is C25H37N3O7. The summed E-state index contributed by atoms with van der Waals surface area (Å²) in [5, 5.41) is 0.803. The Kier molecular flexibility index (Phi) is 8.75. The van der Waals surface area contributed by atoms with Crippen LogP contribution in [0.1, 0.15) is 61.0 Å². The van der Waals surface area contributed by atoms with Gasteiger partial charge in [0.1, 0.15) is 23.9 Å². The molecule has 35 heavy (non-hydrogen) atoms. The number of cyclic esters (lactones) is 1. The van der Waals surface area contributed by atoms with E-state index in [1.165, 1.54) is 0 Å². The maximum atomic E-state index is 13.8. The molecule has 1 aliphatic rings. The molecule has 1 aromatic carbocycles. The number of amides is 4. The van der Waals surface area contributed by atoms with Gasteiger partial charge >= 0.3 is 18.3 Å². The summed E-state index contributed by atoms with van der Waals surface area (Å²) < 4.78 is 15.9. The number of benzene rings is 1. The number of carbonyl (C=O) groups excluding carboxylic acids is 4. The number of nitrogens with zero attached hydrogens (tertiary/aromatic N) is 2. The van der Waals surface area contributed by atoms with Crippen molar-refractivity contribution in [2.75, 3.05) is 6.61 Å². The number of carbonyl (C=O) groups is 4. The Morgan fingerprint density at radius 1 is 1.06 bits per heavy atom. The van der Waals surface area contributed by atoms with Crippen LogP contribution in [0.5, 0.6) is 0 Å². The zero-order valence-corrected chi connectivity index (χ0v) is 21.8. The summed E-state index contributed by atoms with van der Waals surface area (Å²) in [6.45, 7) is 13.4. The van der Waals surface area contributed by atoms with Crippen molar-refractivity contribution in [1.82, 2.24) is 15.3 Å². The van der Waals surface area contributed by atoms with Crippen LogP contribution in [0, 0.1) is 5.92 Å². The van der Waals surface area contributed by atoms with Crippen LogP contribution in [0.3, 0.4) is 0 Å². The molecule has 0 spiro atoms. The molecule has 1 saturated heterocycles. The Hall–Kier alpha value is -3.30. The fourth-order valence-corrected chi connectivity index (χ4v) is 3.54. The molecule has 0 aliphatic carbocycles. The first kappa shape index (κ1) is 27.9. The highest BCUT2D eigenvalue weighted by molar-refractivity contribution is 5.98. The van der Waals surface area contributed by atoms with Crippen LogP contribution in [-0.4, -0.2) is 64.0 Å². The van der Waals surface area contributed by atoms with E-state index >= 15 is 0 Å². The Labute approximate surface area is 206 Å². The standard InChI is InChI=1S/C25H37N3O7/c1-16(2)19(28(23(32)35-25(6,7)8)26-21(30)34-24(3,4)5)20(29)27-18(15-33-22(27)31)14-17-12-10-9-11-13-17/h9-13,16,18-19H,14-15H2,1-8H3,(H,26,30)/t18-,19+/m0/s1. The second-order valence-corrected chi connectivity index (χ2v) is 10.8. The minimum Gasteiger partial charge on any atom is -0.447 e. The maximum absolute atomic E-state index is 13.8. The average Bonchev–Trinajstić information content (AvgIpc) is 3.05. The van der Waals surface area contributed by atoms with Gasteiger partial charge in [-0.3, -0.25) is 4.79 Å². The summed E-state index contributed by atoms with van der Waals surface area (Å²) in [4.78, 5) is 53.1. The van der Waals surface area contributed by atoms with Crippen LogP contribution in [0.4, 0.5) is 14.4 Å². The minimum absolute atomic E-state index is 0.0240. The van der Waals surface area contributed by atoms with Gasteiger partial charge in [0.2, 0.25) is 0 Å². The average molecular weight is 492 g/mol. The van der Waals surface area contributed by atoms with Crippen molar-refractivity contribution in [2.45, 2.75) is 85.1 Å². The molecule has 0 unspecified atom stereocenters. The van der Waals surface area contributed by atoms with Crippen LogP contribution in [0.25, 0.3) is 0 Å². The Balaban J connectivity index is 2.39. The number of ether oxygens (including phenoxy) is 3. The Morgan fingerprint density at radius 2 is 1.63 bits per heavy atom. The third kappa shape index (κ3) is 8.15. The third-order valence-electron chi connectivity index (χ3n) is 4.88. The van der Waals surface area contributed by atoms with Crippen LogP contribution in [-0.2, 0) is 25.4 Å². The number of nitrogens with one attached hydrogen (secondary N) is 1.